The van der Waals surface area contributed by atoms with E-state index in [1.54, 1.807) is 31.6 Å². The molecule has 0 aliphatic carbocycles. The van der Waals surface area contributed by atoms with Crippen LogP contribution in [0.3, 0.4) is 0 Å². The highest BCUT2D eigenvalue weighted by Crippen LogP contribution is 2.15. The predicted molar refractivity (Wildman–Crippen MR) is 69.5 cm³/mol. The lowest BCUT2D eigenvalue weighted by Gasteiger charge is -2.08. The summed E-state index contributed by atoms with van der Waals surface area (Å²) in [6, 6.07) is 3.40. The highest BCUT2D eigenvalue weighted by Gasteiger charge is 2.06. The van der Waals surface area contributed by atoms with Crippen LogP contribution in [0.25, 0.3) is 0 Å². The molecule has 0 unspecified atom stereocenters. The number of nitrogens with one attached hydrogen (secondary N) is 1. The van der Waals surface area contributed by atoms with Crippen molar-refractivity contribution in [2.45, 2.75) is 19.9 Å². The van der Waals surface area contributed by atoms with Gasteiger partial charge in [-0.2, -0.15) is 0 Å². The fourth-order valence-electron chi connectivity index (χ4n) is 1.52. The molecule has 94 valence electrons. The van der Waals surface area contributed by atoms with Crippen molar-refractivity contribution in [1.29, 1.82) is 0 Å². The van der Waals surface area contributed by atoms with Crippen molar-refractivity contribution in [3.8, 4) is 0 Å². The van der Waals surface area contributed by atoms with Crippen molar-refractivity contribution in [3.05, 3.63) is 41.7 Å². The third kappa shape index (κ3) is 3.30. The number of hydrogen-bond acceptors (Lipinski definition) is 3. The molecular formula is C12H13ClN4O. The van der Waals surface area contributed by atoms with E-state index in [2.05, 4.69) is 15.3 Å². The Morgan fingerprint density at radius 2 is 2.33 bits per heavy atom. The molecule has 0 radical (unpaired) electrons. The minimum atomic E-state index is -0.0593. The van der Waals surface area contributed by atoms with E-state index in [0.29, 0.717) is 29.5 Å². The van der Waals surface area contributed by atoms with Crippen molar-refractivity contribution in [2.24, 2.45) is 0 Å². The van der Waals surface area contributed by atoms with Gasteiger partial charge in [-0.05, 0) is 19.1 Å². The van der Waals surface area contributed by atoms with Gasteiger partial charge in [0.25, 0.3) is 0 Å². The van der Waals surface area contributed by atoms with Gasteiger partial charge in [-0.15, -0.1) is 0 Å². The summed E-state index contributed by atoms with van der Waals surface area (Å²) in [5, 5.41) is 3.23. The van der Waals surface area contributed by atoms with Gasteiger partial charge in [0.1, 0.15) is 5.15 Å². The van der Waals surface area contributed by atoms with Crippen LogP contribution in [0.15, 0.2) is 30.9 Å². The molecule has 0 aliphatic rings. The number of nitrogens with zero attached hydrogens (tertiary/aromatic N) is 3. The number of aryl methyl sites for hydroxylation is 2. The molecule has 5 nitrogen and oxygen atoms in total. The van der Waals surface area contributed by atoms with Crippen molar-refractivity contribution in [1.82, 2.24) is 14.5 Å². The van der Waals surface area contributed by atoms with Gasteiger partial charge >= 0.3 is 0 Å². The Kier molecular flexibility index (Phi) is 3.94. The van der Waals surface area contributed by atoms with Crippen LogP contribution in [-0.4, -0.2) is 20.4 Å². The molecule has 2 aromatic heterocycles. The summed E-state index contributed by atoms with van der Waals surface area (Å²) in [5.74, 6) is -0.0593. The maximum Gasteiger partial charge on any atom is 0.226 e. The Hall–Kier alpha value is -1.88. The fraction of sp³-hybridized carbons (Fsp3) is 0.250. The molecule has 1 amide bonds. The number of amides is 1. The van der Waals surface area contributed by atoms with Gasteiger partial charge < -0.3 is 9.88 Å². The minimum absolute atomic E-state index is 0.0593. The first kappa shape index (κ1) is 12.6. The lowest BCUT2D eigenvalue weighted by Crippen LogP contribution is -2.15. The van der Waals surface area contributed by atoms with E-state index < -0.39 is 0 Å². The fourth-order valence-corrected chi connectivity index (χ4v) is 1.71. The van der Waals surface area contributed by atoms with Gasteiger partial charge in [-0.3, -0.25) is 4.79 Å². The van der Waals surface area contributed by atoms with E-state index in [1.165, 1.54) is 0 Å². The molecular weight excluding hydrogens is 252 g/mol. The zero-order valence-electron chi connectivity index (χ0n) is 9.93. The quantitative estimate of drug-likeness (QED) is 0.862. The van der Waals surface area contributed by atoms with Crippen LogP contribution in [-0.2, 0) is 11.3 Å². The first-order chi connectivity index (χ1) is 8.65. The summed E-state index contributed by atoms with van der Waals surface area (Å²) in [5.41, 5.74) is 1.40. The highest BCUT2D eigenvalue weighted by molar-refractivity contribution is 6.29. The standard InChI is InChI=1S/C12H13ClN4O/c1-9-10(2-3-11(13)15-9)16-12(18)4-6-17-7-5-14-8-17/h2-3,5,7-8H,4,6H2,1H3,(H,16,18). The first-order valence-electron chi connectivity index (χ1n) is 5.54. The number of aromatic nitrogens is 3. The van der Waals surface area contributed by atoms with Crippen LogP contribution in [0.2, 0.25) is 5.15 Å². The molecule has 0 saturated carbocycles. The average molecular weight is 265 g/mol. The lowest BCUT2D eigenvalue weighted by molar-refractivity contribution is -0.116. The Labute approximate surface area is 110 Å². The van der Waals surface area contributed by atoms with Crippen molar-refractivity contribution in [3.63, 3.8) is 0 Å². The van der Waals surface area contributed by atoms with E-state index in [-0.39, 0.29) is 5.91 Å². The molecule has 0 bridgehead atoms. The second-order valence-electron chi connectivity index (χ2n) is 3.87. The van der Waals surface area contributed by atoms with E-state index in [4.69, 9.17) is 11.6 Å². The number of pyridine rings is 1. The Balaban J connectivity index is 1.91. The molecule has 6 heteroatoms. The number of halogens is 1. The molecule has 18 heavy (non-hydrogen) atoms. The average Bonchev–Trinajstić information content (AvgIpc) is 2.83. The van der Waals surface area contributed by atoms with Crippen LogP contribution in [0.1, 0.15) is 12.1 Å². The lowest BCUT2D eigenvalue weighted by atomic mass is 10.3. The third-order valence-corrected chi connectivity index (χ3v) is 2.69. The molecule has 2 aromatic rings. The summed E-state index contributed by atoms with van der Waals surface area (Å²) in [6.45, 7) is 2.41. The van der Waals surface area contributed by atoms with Gasteiger partial charge in [0.05, 0.1) is 17.7 Å². The number of rotatable bonds is 4. The number of carbonyl (C=O) groups excluding carboxylic acids is 1. The first-order valence-corrected chi connectivity index (χ1v) is 5.91. The van der Waals surface area contributed by atoms with Crippen LogP contribution in [0.5, 0.6) is 0 Å². The van der Waals surface area contributed by atoms with Gasteiger partial charge in [0.2, 0.25) is 5.91 Å². The van der Waals surface area contributed by atoms with Gasteiger partial charge in [-0.1, -0.05) is 11.6 Å². The molecule has 0 spiro atoms. The summed E-state index contributed by atoms with van der Waals surface area (Å²) in [6.07, 6.45) is 5.58. The molecule has 2 rings (SSSR count). The molecule has 0 fully saturated rings. The summed E-state index contributed by atoms with van der Waals surface area (Å²) >= 11 is 5.75. The number of imidazole rings is 1. The normalized spacial score (nSPS) is 10.3. The third-order valence-electron chi connectivity index (χ3n) is 2.48. The van der Waals surface area contributed by atoms with Crippen molar-refractivity contribution in [2.75, 3.05) is 5.32 Å². The molecule has 0 saturated heterocycles. The second-order valence-corrected chi connectivity index (χ2v) is 4.25. The maximum atomic E-state index is 11.7. The summed E-state index contributed by atoms with van der Waals surface area (Å²) in [7, 11) is 0. The predicted octanol–water partition coefficient (Wildman–Crippen LogP) is 2.27. The molecule has 1 N–H and O–H groups in total. The zero-order valence-corrected chi connectivity index (χ0v) is 10.7. The van der Waals surface area contributed by atoms with E-state index in [9.17, 15) is 4.79 Å². The SMILES string of the molecule is Cc1nc(Cl)ccc1NC(=O)CCn1ccnc1. The van der Waals surface area contributed by atoms with Gasteiger partial charge in [0, 0.05) is 25.4 Å². The Morgan fingerprint density at radius 1 is 1.50 bits per heavy atom. The van der Waals surface area contributed by atoms with Crippen LogP contribution in [0.4, 0.5) is 5.69 Å². The van der Waals surface area contributed by atoms with Crippen molar-refractivity contribution >= 4 is 23.2 Å². The molecule has 0 atom stereocenters. The van der Waals surface area contributed by atoms with Gasteiger partial charge in [-0.25, -0.2) is 9.97 Å². The van der Waals surface area contributed by atoms with E-state index >= 15 is 0 Å². The zero-order chi connectivity index (χ0) is 13.0. The molecule has 0 aromatic carbocycles. The van der Waals surface area contributed by atoms with E-state index in [1.807, 2.05) is 10.8 Å². The Bertz CT molecular complexity index is 539. The van der Waals surface area contributed by atoms with Crippen LogP contribution >= 0.6 is 11.6 Å². The second kappa shape index (κ2) is 5.64. The van der Waals surface area contributed by atoms with Crippen molar-refractivity contribution < 1.29 is 4.79 Å². The minimum Gasteiger partial charge on any atom is -0.337 e. The number of hydrogen-bond donors (Lipinski definition) is 1. The number of carbonyl (C=O) groups is 1. The monoisotopic (exact) mass is 264 g/mol. The maximum absolute atomic E-state index is 11.7. The molecule has 2 heterocycles. The van der Waals surface area contributed by atoms with Crippen LogP contribution in [0, 0.1) is 6.92 Å². The Morgan fingerprint density at radius 3 is 3.00 bits per heavy atom. The topological polar surface area (TPSA) is 59.8 Å². The number of anilines is 1. The largest absolute Gasteiger partial charge is 0.337 e. The molecule has 0 aliphatic heterocycles. The summed E-state index contributed by atoms with van der Waals surface area (Å²) < 4.78 is 1.85. The smallest absolute Gasteiger partial charge is 0.226 e. The van der Waals surface area contributed by atoms with Gasteiger partial charge in [0.15, 0.2) is 0 Å². The van der Waals surface area contributed by atoms with Crippen LogP contribution < -0.4 is 5.32 Å². The highest BCUT2D eigenvalue weighted by atomic mass is 35.5. The van der Waals surface area contributed by atoms with E-state index in [0.717, 1.165) is 0 Å². The summed E-state index contributed by atoms with van der Waals surface area (Å²) in [4.78, 5) is 19.7.